The fraction of sp³-hybridized carbons (Fsp3) is 0.250. The zero-order chi connectivity index (χ0) is 12.3. The van der Waals surface area contributed by atoms with Crippen molar-refractivity contribution in [3.63, 3.8) is 0 Å². The molecule has 0 spiro atoms. The summed E-state index contributed by atoms with van der Waals surface area (Å²) in [5, 5.41) is 22.1. The van der Waals surface area contributed by atoms with Gasteiger partial charge in [0.2, 0.25) is 0 Å². The first-order valence-corrected chi connectivity index (χ1v) is 5.35. The number of hydrogen-bond donors (Lipinski definition) is 3. The lowest BCUT2D eigenvalue weighted by atomic mass is 10.2. The van der Waals surface area contributed by atoms with Gasteiger partial charge in [0.25, 0.3) is 0 Å². The molecule has 2 aromatic rings. The summed E-state index contributed by atoms with van der Waals surface area (Å²) in [7, 11) is 1.93. The molecule has 90 valence electrons. The summed E-state index contributed by atoms with van der Waals surface area (Å²) in [6, 6.07) is 4.92. The molecule has 0 unspecified atom stereocenters. The number of aromatic hydroxyl groups is 2. The van der Waals surface area contributed by atoms with Crippen molar-refractivity contribution in [1.29, 1.82) is 0 Å². The van der Waals surface area contributed by atoms with E-state index in [9.17, 15) is 10.2 Å². The van der Waals surface area contributed by atoms with Crippen LogP contribution < -0.4 is 5.32 Å². The Labute approximate surface area is 99.4 Å². The number of phenols is 2. The van der Waals surface area contributed by atoms with Crippen LogP contribution in [0.1, 0.15) is 11.4 Å². The van der Waals surface area contributed by atoms with Crippen LogP contribution in [0.25, 0.3) is 0 Å². The fourth-order valence-corrected chi connectivity index (χ4v) is 1.60. The lowest BCUT2D eigenvalue weighted by molar-refractivity contribution is 0.397. The van der Waals surface area contributed by atoms with Gasteiger partial charge in [0, 0.05) is 31.5 Å². The third-order valence-corrected chi connectivity index (χ3v) is 2.62. The van der Waals surface area contributed by atoms with Gasteiger partial charge in [-0.15, -0.1) is 0 Å². The number of nitrogens with one attached hydrogen (secondary N) is 1. The highest BCUT2D eigenvalue weighted by molar-refractivity contribution is 5.44. The zero-order valence-corrected chi connectivity index (χ0v) is 9.59. The van der Waals surface area contributed by atoms with Crippen molar-refractivity contribution in [2.75, 3.05) is 0 Å². The Morgan fingerprint density at radius 2 is 2.12 bits per heavy atom. The second-order valence-corrected chi connectivity index (χ2v) is 3.84. The van der Waals surface area contributed by atoms with E-state index in [1.165, 1.54) is 6.07 Å². The van der Waals surface area contributed by atoms with E-state index in [1.807, 2.05) is 17.8 Å². The van der Waals surface area contributed by atoms with Crippen LogP contribution in [0.15, 0.2) is 30.6 Å². The number of rotatable bonds is 4. The van der Waals surface area contributed by atoms with E-state index in [-0.39, 0.29) is 11.5 Å². The minimum Gasteiger partial charge on any atom is -0.504 e. The van der Waals surface area contributed by atoms with Gasteiger partial charge >= 0.3 is 0 Å². The summed E-state index contributed by atoms with van der Waals surface area (Å²) in [4.78, 5) is 4.18. The second kappa shape index (κ2) is 4.88. The van der Waals surface area contributed by atoms with Crippen molar-refractivity contribution in [3.8, 4) is 11.5 Å². The smallest absolute Gasteiger partial charge is 0.161 e. The number of nitrogens with zero attached hydrogens (tertiary/aromatic N) is 2. The van der Waals surface area contributed by atoms with E-state index in [0.717, 1.165) is 5.82 Å². The molecule has 0 fully saturated rings. The SMILES string of the molecule is Cn1ccnc1CNCc1cccc(O)c1O. The highest BCUT2D eigenvalue weighted by Crippen LogP contribution is 2.27. The molecule has 5 nitrogen and oxygen atoms in total. The van der Waals surface area contributed by atoms with Gasteiger partial charge in [0.15, 0.2) is 11.5 Å². The first-order chi connectivity index (χ1) is 8.18. The molecule has 1 aromatic carbocycles. The third kappa shape index (κ3) is 2.57. The quantitative estimate of drug-likeness (QED) is 0.692. The van der Waals surface area contributed by atoms with Gasteiger partial charge in [-0.1, -0.05) is 12.1 Å². The number of benzene rings is 1. The van der Waals surface area contributed by atoms with Crippen LogP contribution in [0.2, 0.25) is 0 Å². The molecule has 0 bridgehead atoms. The molecule has 2 rings (SSSR count). The van der Waals surface area contributed by atoms with E-state index >= 15 is 0 Å². The molecule has 0 saturated heterocycles. The second-order valence-electron chi connectivity index (χ2n) is 3.84. The molecular weight excluding hydrogens is 218 g/mol. The molecule has 1 heterocycles. The van der Waals surface area contributed by atoms with Crippen LogP contribution in [0.4, 0.5) is 0 Å². The minimum absolute atomic E-state index is 0.0696. The Balaban J connectivity index is 1.95. The van der Waals surface area contributed by atoms with Crippen LogP contribution in [-0.2, 0) is 20.1 Å². The zero-order valence-electron chi connectivity index (χ0n) is 9.59. The van der Waals surface area contributed by atoms with Crippen molar-refractivity contribution in [3.05, 3.63) is 42.0 Å². The topological polar surface area (TPSA) is 70.3 Å². The standard InChI is InChI=1S/C12H15N3O2/c1-15-6-5-14-11(15)8-13-7-9-3-2-4-10(16)12(9)17/h2-6,13,16-17H,7-8H2,1H3. The fourth-order valence-electron chi connectivity index (χ4n) is 1.60. The maximum atomic E-state index is 9.60. The first-order valence-electron chi connectivity index (χ1n) is 5.35. The van der Waals surface area contributed by atoms with Gasteiger partial charge in [0.05, 0.1) is 6.54 Å². The van der Waals surface area contributed by atoms with Crippen molar-refractivity contribution in [1.82, 2.24) is 14.9 Å². The predicted molar refractivity (Wildman–Crippen MR) is 63.5 cm³/mol. The first kappa shape index (κ1) is 11.5. The molecule has 0 saturated carbocycles. The Hall–Kier alpha value is -2.01. The maximum Gasteiger partial charge on any atom is 0.161 e. The molecule has 0 amide bonds. The number of phenolic OH excluding ortho intramolecular Hbond substituents is 2. The molecule has 17 heavy (non-hydrogen) atoms. The van der Waals surface area contributed by atoms with Crippen LogP contribution in [0, 0.1) is 0 Å². The molecule has 0 atom stereocenters. The van der Waals surface area contributed by atoms with Crippen LogP contribution in [0.3, 0.4) is 0 Å². The molecule has 0 aliphatic rings. The van der Waals surface area contributed by atoms with E-state index in [2.05, 4.69) is 10.3 Å². The number of aromatic nitrogens is 2. The number of hydrogen-bond acceptors (Lipinski definition) is 4. The average Bonchev–Trinajstić information content (AvgIpc) is 2.71. The molecule has 5 heteroatoms. The summed E-state index contributed by atoms with van der Waals surface area (Å²) in [6.45, 7) is 1.09. The van der Waals surface area contributed by atoms with Crippen molar-refractivity contribution in [2.24, 2.45) is 7.05 Å². The maximum absolute atomic E-state index is 9.60. The van der Waals surface area contributed by atoms with Crippen LogP contribution in [0.5, 0.6) is 11.5 Å². The Morgan fingerprint density at radius 1 is 1.29 bits per heavy atom. The summed E-state index contributed by atoms with van der Waals surface area (Å²) in [5.74, 6) is 0.755. The lowest BCUT2D eigenvalue weighted by Crippen LogP contribution is -2.15. The molecule has 0 aliphatic carbocycles. The van der Waals surface area contributed by atoms with Gasteiger partial charge in [-0.25, -0.2) is 4.98 Å². The van der Waals surface area contributed by atoms with E-state index in [1.54, 1.807) is 18.3 Å². The van der Waals surface area contributed by atoms with Gasteiger partial charge in [-0.2, -0.15) is 0 Å². The average molecular weight is 233 g/mol. The summed E-state index contributed by atoms with van der Waals surface area (Å²) < 4.78 is 1.93. The highest BCUT2D eigenvalue weighted by Gasteiger charge is 2.05. The van der Waals surface area contributed by atoms with Gasteiger partial charge in [-0.3, -0.25) is 0 Å². The van der Waals surface area contributed by atoms with E-state index in [4.69, 9.17) is 0 Å². The monoisotopic (exact) mass is 233 g/mol. The minimum atomic E-state index is -0.0960. The van der Waals surface area contributed by atoms with Crippen LogP contribution in [-0.4, -0.2) is 19.8 Å². The Kier molecular flexibility index (Phi) is 3.30. The van der Waals surface area contributed by atoms with Gasteiger partial charge < -0.3 is 20.1 Å². The molecular formula is C12H15N3O2. The van der Waals surface area contributed by atoms with Gasteiger partial charge in [-0.05, 0) is 6.07 Å². The van der Waals surface area contributed by atoms with Crippen molar-refractivity contribution < 1.29 is 10.2 Å². The third-order valence-electron chi connectivity index (χ3n) is 2.62. The molecule has 0 aliphatic heterocycles. The normalized spacial score (nSPS) is 10.6. The molecule has 0 radical (unpaired) electrons. The molecule has 1 aromatic heterocycles. The largest absolute Gasteiger partial charge is 0.504 e. The van der Waals surface area contributed by atoms with Gasteiger partial charge in [0.1, 0.15) is 5.82 Å². The lowest BCUT2D eigenvalue weighted by Gasteiger charge is -2.07. The summed E-state index contributed by atoms with van der Waals surface area (Å²) in [6.07, 6.45) is 3.62. The van der Waals surface area contributed by atoms with Crippen LogP contribution >= 0.6 is 0 Å². The van der Waals surface area contributed by atoms with E-state index < -0.39 is 0 Å². The van der Waals surface area contributed by atoms with E-state index in [0.29, 0.717) is 18.7 Å². The Morgan fingerprint density at radius 3 is 2.82 bits per heavy atom. The number of aryl methyl sites for hydroxylation is 1. The number of para-hydroxylation sites is 1. The predicted octanol–water partition coefficient (Wildman–Crippen LogP) is 1.12. The summed E-state index contributed by atoms with van der Waals surface area (Å²) in [5.41, 5.74) is 0.666. The summed E-state index contributed by atoms with van der Waals surface area (Å²) >= 11 is 0. The number of imidazole rings is 1. The Bertz CT molecular complexity index is 508. The highest BCUT2D eigenvalue weighted by atomic mass is 16.3. The molecule has 3 N–H and O–H groups in total. The van der Waals surface area contributed by atoms with Crippen molar-refractivity contribution in [2.45, 2.75) is 13.1 Å². The van der Waals surface area contributed by atoms with Crippen molar-refractivity contribution >= 4 is 0 Å².